The lowest BCUT2D eigenvalue weighted by Crippen LogP contribution is -3.00. The van der Waals surface area contributed by atoms with Gasteiger partial charge in [-0.1, -0.05) is 60.7 Å². The van der Waals surface area contributed by atoms with Crippen LogP contribution in [-0.2, 0) is 4.79 Å². The Hall–Kier alpha value is -1.55. The minimum Gasteiger partial charge on any atom is -1.00 e. The maximum Gasteiger partial charge on any atom is 0.237 e. The van der Waals surface area contributed by atoms with E-state index in [-0.39, 0.29) is 30.2 Å². The molecule has 1 amide bonds. The minimum absolute atomic E-state index is 0. The van der Waals surface area contributed by atoms with Gasteiger partial charge in [-0.2, -0.15) is 0 Å². The van der Waals surface area contributed by atoms with Crippen molar-refractivity contribution in [1.82, 2.24) is 9.80 Å². The average Bonchev–Trinajstić information content (AvgIpc) is 2.64. The molecule has 3 rings (SSSR count). The fourth-order valence-electron chi connectivity index (χ4n) is 3.20. The molecule has 0 aliphatic carbocycles. The Morgan fingerprint density at radius 1 is 0.875 bits per heavy atom. The number of alkyl halides is 1. The first kappa shape index (κ1) is 18.8. The normalized spacial score (nSPS) is 15.2. The summed E-state index contributed by atoms with van der Waals surface area (Å²) in [6.45, 7) is 3.19. The second-order valence-corrected chi connectivity index (χ2v) is 6.04. The molecule has 0 bridgehead atoms. The van der Waals surface area contributed by atoms with E-state index in [9.17, 15) is 4.79 Å². The molecule has 0 N–H and O–H groups in total. The number of benzene rings is 2. The number of nitrogens with zero attached hydrogens (tertiary/aromatic N) is 2. The van der Waals surface area contributed by atoms with E-state index in [1.807, 2.05) is 17.0 Å². The molecular formula is C19H21Cl2N2O-. The van der Waals surface area contributed by atoms with Gasteiger partial charge in [0.1, 0.15) is 5.88 Å². The van der Waals surface area contributed by atoms with Crippen molar-refractivity contribution in [2.24, 2.45) is 0 Å². The van der Waals surface area contributed by atoms with Crippen LogP contribution in [0.25, 0.3) is 0 Å². The van der Waals surface area contributed by atoms with E-state index < -0.39 is 0 Å². The van der Waals surface area contributed by atoms with Crippen LogP contribution in [0.1, 0.15) is 17.2 Å². The number of halogens is 2. The lowest BCUT2D eigenvalue weighted by molar-refractivity contribution is -0.130. The Bertz CT molecular complexity index is 589. The maximum atomic E-state index is 11.8. The average molecular weight is 364 g/mol. The highest BCUT2D eigenvalue weighted by molar-refractivity contribution is 6.27. The molecule has 1 aliphatic rings. The molecule has 0 unspecified atom stereocenters. The Kier molecular flexibility index (Phi) is 7.10. The predicted octanol–water partition coefficient (Wildman–Crippen LogP) is 0.163. The summed E-state index contributed by atoms with van der Waals surface area (Å²) in [5, 5.41) is 0. The standard InChI is InChI=1S/C19H21ClN2O.ClH/c20-15-18(23)21-11-13-22(14-12-21)19(16-7-3-1-4-8-16)17-9-5-2-6-10-17;/h1-10,19H,11-15H2;1H/p-1. The number of carbonyl (C=O) groups is 1. The smallest absolute Gasteiger partial charge is 0.237 e. The van der Waals surface area contributed by atoms with Gasteiger partial charge in [-0.3, -0.25) is 9.69 Å². The van der Waals surface area contributed by atoms with Crippen LogP contribution in [0.4, 0.5) is 0 Å². The van der Waals surface area contributed by atoms with Gasteiger partial charge < -0.3 is 17.3 Å². The molecule has 2 aromatic rings. The van der Waals surface area contributed by atoms with Gasteiger partial charge in [0.25, 0.3) is 0 Å². The van der Waals surface area contributed by atoms with Crippen molar-refractivity contribution >= 4 is 17.5 Å². The predicted molar refractivity (Wildman–Crippen MR) is 93.6 cm³/mol. The summed E-state index contributed by atoms with van der Waals surface area (Å²) in [5.41, 5.74) is 2.58. The van der Waals surface area contributed by atoms with Crippen molar-refractivity contribution in [2.45, 2.75) is 6.04 Å². The van der Waals surface area contributed by atoms with Crippen molar-refractivity contribution in [3.05, 3.63) is 71.8 Å². The van der Waals surface area contributed by atoms with Gasteiger partial charge in [-0.25, -0.2) is 0 Å². The zero-order valence-corrected chi connectivity index (χ0v) is 15.0. The molecule has 1 heterocycles. The molecule has 3 nitrogen and oxygen atoms in total. The van der Waals surface area contributed by atoms with E-state index in [0.29, 0.717) is 0 Å². The summed E-state index contributed by atoms with van der Waals surface area (Å²) >= 11 is 5.67. The van der Waals surface area contributed by atoms with Gasteiger partial charge in [0.2, 0.25) is 5.91 Å². The number of hydrogen-bond donors (Lipinski definition) is 0. The first-order valence-electron chi connectivity index (χ1n) is 7.97. The Morgan fingerprint density at radius 3 is 1.75 bits per heavy atom. The second kappa shape index (κ2) is 9.07. The van der Waals surface area contributed by atoms with Crippen LogP contribution < -0.4 is 12.4 Å². The topological polar surface area (TPSA) is 23.6 Å². The molecule has 1 fully saturated rings. The number of hydrogen-bond acceptors (Lipinski definition) is 2. The first-order chi connectivity index (χ1) is 11.3. The SMILES string of the molecule is O=C(CCl)N1CCN(C(c2ccccc2)c2ccccc2)CC1.[Cl-]. The summed E-state index contributed by atoms with van der Waals surface area (Å²) in [5.74, 6) is 0.100. The Morgan fingerprint density at radius 2 is 1.33 bits per heavy atom. The number of amides is 1. The minimum atomic E-state index is 0. The third kappa shape index (κ3) is 4.29. The van der Waals surface area contributed by atoms with Gasteiger partial charge in [0.05, 0.1) is 6.04 Å². The Labute approximate surface area is 154 Å². The van der Waals surface area contributed by atoms with Gasteiger partial charge in [0, 0.05) is 26.2 Å². The molecule has 0 aromatic heterocycles. The van der Waals surface area contributed by atoms with Crippen LogP contribution in [0.15, 0.2) is 60.7 Å². The van der Waals surface area contributed by atoms with Gasteiger partial charge in [0.15, 0.2) is 0 Å². The summed E-state index contributed by atoms with van der Waals surface area (Å²) < 4.78 is 0. The lowest BCUT2D eigenvalue weighted by Gasteiger charge is -2.39. The van der Waals surface area contributed by atoms with Crippen LogP contribution in [0.3, 0.4) is 0 Å². The number of rotatable bonds is 4. The molecule has 0 radical (unpaired) electrons. The highest BCUT2D eigenvalue weighted by atomic mass is 35.5. The van der Waals surface area contributed by atoms with Crippen molar-refractivity contribution < 1.29 is 17.2 Å². The van der Waals surface area contributed by atoms with E-state index in [4.69, 9.17) is 11.6 Å². The van der Waals surface area contributed by atoms with Crippen molar-refractivity contribution in [3.63, 3.8) is 0 Å². The lowest BCUT2D eigenvalue weighted by atomic mass is 9.96. The molecule has 1 saturated heterocycles. The molecule has 128 valence electrons. The summed E-state index contributed by atoms with van der Waals surface area (Å²) in [7, 11) is 0. The second-order valence-electron chi connectivity index (χ2n) is 5.77. The van der Waals surface area contributed by atoms with Crippen LogP contribution in [0.2, 0.25) is 0 Å². The van der Waals surface area contributed by atoms with Crippen molar-refractivity contribution in [2.75, 3.05) is 32.1 Å². The van der Waals surface area contributed by atoms with Gasteiger partial charge in [-0.05, 0) is 11.1 Å². The maximum absolute atomic E-state index is 11.8. The monoisotopic (exact) mass is 363 g/mol. The summed E-state index contributed by atoms with van der Waals surface area (Å²) in [4.78, 5) is 16.1. The van der Waals surface area contributed by atoms with E-state index in [1.54, 1.807) is 0 Å². The molecule has 1 aliphatic heterocycles. The van der Waals surface area contributed by atoms with Crippen LogP contribution in [-0.4, -0.2) is 47.8 Å². The van der Waals surface area contributed by atoms with Crippen LogP contribution in [0.5, 0.6) is 0 Å². The molecule has 24 heavy (non-hydrogen) atoms. The van der Waals surface area contributed by atoms with Gasteiger partial charge in [-0.15, -0.1) is 11.6 Å². The van der Waals surface area contributed by atoms with E-state index in [2.05, 4.69) is 53.4 Å². The van der Waals surface area contributed by atoms with E-state index in [0.717, 1.165) is 26.2 Å². The van der Waals surface area contributed by atoms with Crippen LogP contribution in [0, 0.1) is 0 Å². The number of piperazine rings is 1. The molecule has 0 saturated carbocycles. The first-order valence-corrected chi connectivity index (χ1v) is 8.50. The quantitative estimate of drug-likeness (QED) is 0.722. The highest BCUT2D eigenvalue weighted by Crippen LogP contribution is 2.29. The van der Waals surface area contributed by atoms with Crippen LogP contribution >= 0.6 is 11.6 Å². The molecule has 0 spiro atoms. The van der Waals surface area contributed by atoms with Crippen molar-refractivity contribution in [3.8, 4) is 0 Å². The van der Waals surface area contributed by atoms with E-state index in [1.165, 1.54) is 11.1 Å². The molecule has 5 heteroatoms. The molecule has 0 atom stereocenters. The molecular weight excluding hydrogens is 343 g/mol. The third-order valence-corrected chi connectivity index (χ3v) is 4.61. The summed E-state index contributed by atoms with van der Waals surface area (Å²) in [6, 6.07) is 21.3. The Balaban J connectivity index is 0.00000208. The zero-order valence-electron chi connectivity index (χ0n) is 13.4. The number of carbonyl (C=O) groups excluding carboxylic acids is 1. The fourth-order valence-corrected chi connectivity index (χ4v) is 3.37. The summed E-state index contributed by atoms with van der Waals surface area (Å²) in [6.07, 6.45) is 0. The molecule has 2 aromatic carbocycles. The van der Waals surface area contributed by atoms with Gasteiger partial charge >= 0.3 is 0 Å². The zero-order chi connectivity index (χ0) is 16.1. The largest absolute Gasteiger partial charge is 1.00 e. The van der Waals surface area contributed by atoms with Crippen molar-refractivity contribution in [1.29, 1.82) is 0 Å². The fraction of sp³-hybridized carbons (Fsp3) is 0.316. The third-order valence-electron chi connectivity index (χ3n) is 4.38. The van der Waals surface area contributed by atoms with E-state index >= 15 is 0 Å². The highest BCUT2D eigenvalue weighted by Gasteiger charge is 2.27.